The minimum atomic E-state index is -1.50. The first-order valence-electron chi connectivity index (χ1n) is 6.24. The zero-order valence-corrected chi connectivity index (χ0v) is 13.6. The van der Waals surface area contributed by atoms with Crippen molar-refractivity contribution in [2.75, 3.05) is 5.32 Å². The van der Waals surface area contributed by atoms with Gasteiger partial charge in [0.2, 0.25) is 0 Å². The number of rotatable bonds is 3. The number of carbonyl (C=O) groups excluding carboxylic acids is 1. The molecule has 1 N–H and O–H groups in total. The van der Waals surface area contributed by atoms with E-state index < -0.39 is 5.41 Å². The van der Waals surface area contributed by atoms with Gasteiger partial charge >= 0.3 is 0 Å². The molecule has 0 aliphatic rings. The van der Waals surface area contributed by atoms with Gasteiger partial charge in [0, 0.05) is 15.4 Å². The van der Waals surface area contributed by atoms with E-state index in [1.807, 2.05) is 19.9 Å². The molecule has 5 heteroatoms. The second kappa shape index (κ2) is 5.63. The zero-order valence-electron chi connectivity index (χ0n) is 11.7. The van der Waals surface area contributed by atoms with Crippen LogP contribution in [0.1, 0.15) is 32.6 Å². The van der Waals surface area contributed by atoms with Crippen LogP contribution in [0.4, 0.5) is 10.1 Å². The number of halogens is 1. The summed E-state index contributed by atoms with van der Waals surface area (Å²) in [6, 6.07) is 8.71. The predicted octanol–water partition coefficient (Wildman–Crippen LogP) is 4.63. The highest BCUT2D eigenvalue weighted by molar-refractivity contribution is 7.18. The molecule has 0 aliphatic heterocycles. The van der Waals surface area contributed by atoms with Crippen molar-refractivity contribution in [3.63, 3.8) is 0 Å². The van der Waals surface area contributed by atoms with Gasteiger partial charge in [-0.2, -0.15) is 0 Å². The number of alkyl halides is 1. The number of anilines is 1. The number of thiophene rings is 1. The third-order valence-corrected chi connectivity index (χ3v) is 4.27. The van der Waals surface area contributed by atoms with Crippen LogP contribution >= 0.6 is 20.6 Å². The summed E-state index contributed by atoms with van der Waals surface area (Å²) in [5.74, 6) is -0.159. The first-order valence-corrected chi connectivity index (χ1v) is 7.63. The average molecular weight is 309 g/mol. The van der Waals surface area contributed by atoms with Gasteiger partial charge in [-0.1, -0.05) is 21.4 Å². The second-order valence-corrected chi connectivity index (χ2v) is 7.48. The predicted molar refractivity (Wildman–Crippen MR) is 86.4 cm³/mol. The SMILES string of the molecule is Cc1cc(C(=O)Nc2cccc(C(C)(F)P)c2)c(C)s1. The summed E-state index contributed by atoms with van der Waals surface area (Å²) in [4.78, 5) is 14.3. The lowest BCUT2D eigenvalue weighted by Crippen LogP contribution is -2.13. The van der Waals surface area contributed by atoms with E-state index in [0.717, 1.165) is 9.75 Å². The quantitative estimate of drug-likeness (QED) is 0.823. The number of nitrogens with one attached hydrogen (secondary N) is 1. The van der Waals surface area contributed by atoms with Gasteiger partial charge in [-0.3, -0.25) is 4.79 Å². The molecule has 1 amide bonds. The molecule has 20 heavy (non-hydrogen) atoms. The minimum Gasteiger partial charge on any atom is -0.322 e. The van der Waals surface area contributed by atoms with Crippen LogP contribution in [0.25, 0.3) is 0 Å². The summed E-state index contributed by atoms with van der Waals surface area (Å²) in [7, 11) is 2.15. The molecule has 2 unspecified atom stereocenters. The summed E-state index contributed by atoms with van der Waals surface area (Å²) in [6.07, 6.45) is 0. The van der Waals surface area contributed by atoms with Gasteiger partial charge < -0.3 is 5.32 Å². The van der Waals surface area contributed by atoms with Crippen LogP contribution in [0, 0.1) is 13.8 Å². The van der Waals surface area contributed by atoms with Gasteiger partial charge in [-0.25, -0.2) is 4.39 Å². The lowest BCUT2D eigenvalue weighted by atomic mass is 10.1. The van der Waals surface area contributed by atoms with E-state index in [-0.39, 0.29) is 5.91 Å². The number of hydrogen-bond donors (Lipinski definition) is 1. The largest absolute Gasteiger partial charge is 0.322 e. The normalized spacial score (nSPS) is 13.8. The Bertz CT molecular complexity index is 646. The summed E-state index contributed by atoms with van der Waals surface area (Å²) >= 11 is 1.59. The van der Waals surface area contributed by atoms with Crippen LogP contribution in [0.2, 0.25) is 0 Å². The zero-order chi connectivity index (χ0) is 14.9. The van der Waals surface area contributed by atoms with Crippen molar-refractivity contribution in [1.82, 2.24) is 0 Å². The molecule has 0 fully saturated rings. The summed E-state index contributed by atoms with van der Waals surface area (Å²) in [5, 5.41) is 1.31. The Labute approximate surface area is 124 Å². The second-order valence-electron chi connectivity index (χ2n) is 4.94. The van der Waals surface area contributed by atoms with E-state index in [1.54, 1.807) is 35.6 Å². The Morgan fingerprint density at radius 3 is 2.60 bits per heavy atom. The summed E-state index contributed by atoms with van der Waals surface area (Å²) < 4.78 is 13.9. The van der Waals surface area contributed by atoms with Crippen LogP contribution in [0.5, 0.6) is 0 Å². The fraction of sp³-hybridized carbons (Fsp3) is 0.267. The smallest absolute Gasteiger partial charge is 0.256 e. The first kappa shape index (κ1) is 15.1. The monoisotopic (exact) mass is 309 g/mol. The molecule has 1 aromatic carbocycles. The molecule has 0 saturated heterocycles. The van der Waals surface area contributed by atoms with Gasteiger partial charge in [0.1, 0.15) is 5.41 Å². The van der Waals surface area contributed by atoms with Crippen molar-refractivity contribution in [1.29, 1.82) is 0 Å². The Morgan fingerprint density at radius 1 is 1.35 bits per heavy atom. The van der Waals surface area contributed by atoms with Gasteiger partial charge in [-0.05, 0) is 44.5 Å². The van der Waals surface area contributed by atoms with Crippen molar-refractivity contribution < 1.29 is 9.18 Å². The topological polar surface area (TPSA) is 29.1 Å². The number of carbonyl (C=O) groups is 1. The lowest BCUT2D eigenvalue weighted by Gasteiger charge is -2.15. The van der Waals surface area contributed by atoms with Crippen LogP contribution in [0.3, 0.4) is 0 Å². The van der Waals surface area contributed by atoms with Crippen molar-refractivity contribution in [2.24, 2.45) is 0 Å². The van der Waals surface area contributed by atoms with E-state index in [0.29, 0.717) is 16.8 Å². The fourth-order valence-electron chi connectivity index (χ4n) is 1.96. The van der Waals surface area contributed by atoms with E-state index in [4.69, 9.17) is 0 Å². The maximum atomic E-state index is 13.9. The van der Waals surface area contributed by atoms with Gasteiger partial charge in [0.05, 0.1) is 5.56 Å². The molecule has 0 radical (unpaired) electrons. The molecule has 2 rings (SSSR count). The number of hydrogen-bond acceptors (Lipinski definition) is 2. The first-order chi connectivity index (χ1) is 9.27. The van der Waals surface area contributed by atoms with Gasteiger partial charge in [-0.15, -0.1) is 11.3 Å². The summed E-state index contributed by atoms with van der Waals surface area (Å²) in [5.41, 5.74) is 1.78. The van der Waals surface area contributed by atoms with Crippen molar-refractivity contribution in [3.8, 4) is 0 Å². The van der Waals surface area contributed by atoms with Crippen molar-refractivity contribution >= 4 is 32.2 Å². The number of amides is 1. The van der Waals surface area contributed by atoms with Crippen molar-refractivity contribution in [2.45, 2.75) is 26.2 Å². The molecule has 2 aromatic rings. The Morgan fingerprint density at radius 2 is 2.05 bits per heavy atom. The van der Waals surface area contributed by atoms with Gasteiger partial charge in [0.15, 0.2) is 0 Å². The molecule has 0 bridgehead atoms. The lowest BCUT2D eigenvalue weighted by molar-refractivity contribution is 0.102. The highest BCUT2D eigenvalue weighted by Crippen LogP contribution is 2.33. The fourth-order valence-corrected chi connectivity index (χ4v) is 3.06. The standard InChI is InChI=1S/C15H17FNOPS/c1-9-7-13(10(2)20-9)14(18)17-12-6-4-5-11(8-12)15(3,16)19/h4-8H,19H2,1-3H3,(H,17,18). The molecule has 0 spiro atoms. The third kappa shape index (κ3) is 3.44. The highest BCUT2D eigenvalue weighted by atomic mass is 32.1. The molecule has 2 nitrogen and oxygen atoms in total. The van der Waals surface area contributed by atoms with E-state index >= 15 is 0 Å². The maximum absolute atomic E-state index is 13.9. The van der Waals surface area contributed by atoms with Crippen molar-refractivity contribution in [3.05, 3.63) is 51.2 Å². The van der Waals surface area contributed by atoms with E-state index in [2.05, 4.69) is 14.6 Å². The molecule has 0 aliphatic carbocycles. The molecule has 1 heterocycles. The highest BCUT2D eigenvalue weighted by Gasteiger charge is 2.19. The molecule has 0 saturated carbocycles. The average Bonchev–Trinajstić information content (AvgIpc) is 2.68. The van der Waals surface area contributed by atoms with E-state index in [1.165, 1.54) is 6.92 Å². The molecular weight excluding hydrogens is 292 g/mol. The maximum Gasteiger partial charge on any atom is 0.256 e. The Kier molecular flexibility index (Phi) is 4.26. The molecule has 1 aromatic heterocycles. The minimum absolute atomic E-state index is 0.159. The Hall–Kier alpha value is -1.25. The van der Waals surface area contributed by atoms with Gasteiger partial charge in [0.25, 0.3) is 5.91 Å². The number of benzene rings is 1. The van der Waals surface area contributed by atoms with E-state index in [9.17, 15) is 9.18 Å². The van der Waals surface area contributed by atoms with Crippen LogP contribution in [0.15, 0.2) is 30.3 Å². The molecule has 106 valence electrons. The third-order valence-electron chi connectivity index (χ3n) is 2.97. The molecule has 2 atom stereocenters. The summed E-state index contributed by atoms with van der Waals surface area (Å²) in [6.45, 7) is 5.35. The molecular formula is C15H17FNOPS. The van der Waals surface area contributed by atoms with Crippen LogP contribution in [-0.4, -0.2) is 5.91 Å². The van der Waals surface area contributed by atoms with Crippen LogP contribution in [-0.2, 0) is 5.41 Å². The number of aryl methyl sites for hydroxylation is 2. The van der Waals surface area contributed by atoms with Crippen LogP contribution < -0.4 is 5.32 Å². The Balaban J connectivity index is 2.22.